The molecule has 156 valence electrons. The molecule has 3 heterocycles. The minimum atomic E-state index is 0. The van der Waals surface area contributed by atoms with E-state index in [9.17, 15) is 0 Å². The highest BCUT2D eigenvalue weighted by atomic mass is 35.5. The van der Waals surface area contributed by atoms with Gasteiger partial charge in [-0.1, -0.05) is 38.1 Å². The summed E-state index contributed by atoms with van der Waals surface area (Å²) in [4.78, 5) is 12.1. The predicted octanol–water partition coefficient (Wildman–Crippen LogP) is 6.56. The molecule has 0 fully saturated rings. The Morgan fingerprint density at radius 3 is 2.83 bits per heavy atom. The van der Waals surface area contributed by atoms with Crippen molar-refractivity contribution >= 4 is 41.2 Å². The fourth-order valence-corrected chi connectivity index (χ4v) is 3.21. The van der Waals surface area contributed by atoms with Gasteiger partial charge in [-0.05, 0) is 47.9 Å². The summed E-state index contributed by atoms with van der Waals surface area (Å²) in [6, 6.07) is 11.5. The average Bonchev–Trinajstić information content (AvgIpc) is 3.33. The molecule has 0 amide bonds. The van der Waals surface area contributed by atoms with Gasteiger partial charge >= 0.3 is 0 Å². The van der Waals surface area contributed by atoms with Crippen molar-refractivity contribution in [3.63, 3.8) is 0 Å². The van der Waals surface area contributed by atoms with Gasteiger partial charge in [0, 0.05) is 23.2 Å². The minimum absolute atomic E-state index is 0. The highest BCUT2D eigenvalue weighted by Gasteiger charge is 2.13. The first-order valence-electron chi connectivity index (χ1n) is 9.50. The average molecular weight is 444 g/mol. The van der Waals surface area contributed by atoms with Gasteiger partial charge in [0.1, 0.15) is 11.5 Å². The van der Waals surface area contributed by atoms with Gasteiger partial charge in [-0.15, -0.1) is 12.4 Å². The zero-order valence-electron chi connectivity index (χ0n) is 16.8. The van der Waals surface area contributed by atoms with Crippen LogP contribution in [0.4, 0.5) is 0 Å². The Balaban J connectivity index is 0.00000256. The molecule has 4 rings (SSSR count). The molecular weight excluding hydrogens is 421 g/mol. The van der Waals surface area contributed by atoms with E-state index in [4.69, 9.17) is 20.8 Å². The summed E-state index contributed by atoms with van der Waals surface area (Å²) in [5.41, 5.74) is 3.40. The molecule has 4 aromatic rings. The second-order valence-electron chi connectivity index (χ2n) is 7.33. The summed E-state index contributed by atoms with van der Waals surface area (Å²) in [5, 5.41) is 0.671. The van der Waals surface area contributed by atoms with Crippen LogP contribution in [0.2, 0.25) is 5.02 Å². The molecule has 0 bridgehead atoms. The third-order valence-electron chi connectivity index (χ3n) is 4.45. The summed E-state index contributed by atoms with van der Waals surface area (Å²) in [7, 11) is 0. The molecule has 1 N–H and O–H groups in total. The standard InChI is InChI=1S/C23H22ClN3O2.ClH/c1-4-15-9-19-22(25-12-15)27-23(26-19)21-8-6-18(29-21)11-16-10-17(24)5-7-20(16)28-13-14(2)3;/h4-10,12,14H,1,11,13H2,2-3H3,(H,25,26,27);1H. The van der Waals surface area contributed by atoms with Crippen LogP contribution in [-0.4, -0.2) is 21.6 Å². The first kappa shape index (κ1) is 21.9. The molecular formula is C23H23Cl2N3O2. The number of furan rings is 1. The lowest BCUT2D eigenvalue weighted by Gasteiger charge is -2.13. The SMILES string of the molecule is C=Cc1cnc2nc(-c3ccc(Cc4cc(Cl)ccc4OCC(C)C)o3)[nH]c2c1.Cl. The summed E-state index contributed by atoms with van der Waals surface area (Å²) in [6.45, 7) is 8.66. The van der Waals surface area contributed by atoms with Crippen molar-refractivity contribution in [1.29, 1.82) is 0 Å². The van der Waals surface area contributed by atoms with E-state index in [0.29, 0.717) is 41.2 Å². The van der Waals surface area contributed by atoms with Crippen LogP contribution in [0.1, 0.15) is 30.7 Å². The van der Waals surface area contributed by atoms with E-state index in [-0.39, 0.29) is 12.4 Å². The van der Waals surface area contributed by atoms with Crippen LogP contribution in [0.25, 0.3) is 28.8 Å². The second-order valence-corrected chi connectivity index (χ2v) is 7.77. The maximum Gasteiger partial charge on any atom is 0.178 e. The Morgan fingerprint density at radius 2 is 2.07 bits per heavy atom. The van der Waals surface area contributed by atoms with Crippen LogP contribution in [-0.2, 0) is 6.42 Å². The summed E-state index contributed by atoms with van der Waals surface area (Å²) in [6.07, 6.45) is 4.07. The normalized spacial score (nSPS) is 10.9. The molecule has 0 radical (unpaired) electrons. The third kappa shape index (κ3) is 4.86. The number of halogens is 2. The van der Waals surface area contributed by atoms with E-state index in [0.717, 1.165) is 28.2 Å². The van der Waals surface area contributed by atoms with Crippen molar-refractivity contribution in [3.8, 4) is 17.3 Å². The van der Waals surface area contributed by atoms with E-state index in [1.807, 2.05) is 36.4 Å². The van der Waals surface area contributed by atoms with E-state index in [1.165, 1.54) is 0 Å². The summed E-state index contributed by atoms with van der Waals surface area (Å²) >= 11 is 6.20. The number of fused-ring (bicyclic) bond motifs is 1. The lowest BCUT2D eigenvalue weighted by molar-refractivity contribution is 0.268. The molecule has 3 aromatic heterocycles. The number of nitrogens with zero attached hydrogens (tertiary/aromatic N) is 2. The van der Waals surface area contributed by atoms with Gasteiger partial charge in [-0.2, -0.15) is 0 Å². The van der Waals surface area contributed by atoms with E-state index < -0.39 is 0 Å². The number of H-pyrrole nitrogens is 1. The van der Waals surface area contributed by atoms with E-state index >= 15 is 0 Å². The summed E-state index contributed by atoms with van der Waals surface area (Å²) in [5.74, 6) is 3.37. The van der Waals surface area contributed by atoms with Gasteiger partial charge in [-0.25, -0.2) is 9.97 Å². The molecule has 0 saturated carbocycles. The zero-order valence-corrected chi connectivity index (χ0v) is 18.4. The van der Waals surface area contributed by atoms with Gasteiger partial charge < -0.3 is 14.1 Å². The van der Waals surface area contributed by atoms with Crippen molar-refractivity contribution in [2.24, 2.45) is 5.92 Å². The lowest BCUT2D eigenvalue weighted by Crippen LogP contribution is -2.06. The molecule has 1 aromatic carbocycles. The van der Waals surface area contributed by atoms with Crippen molar-refractivity contribution in [3.05, 3.63) is 71.1 Å². The van der Waals surface area contributed by atoms with Gasteiger partial charge in [0.25, 0.3) is 0 Å². The number of aromatic nitrogens is 3. The van der Waals surface area contributed by atoms with Gasteiger partial charge in [0.15, 0.2) is 17.2 Å². The summed E-state index contributed by atoms with van der Waals surface area (Å²) < 4.78 is 12.0. The number of rotatable bonds is 7. The third-order valence-corrected chi connectivity index (χ3v) is 4.68. The molecule has 7 heteroatoms. The molecule has 0 aliphatic rings. The Kier molecular flexibility index (Phi) is 6.85. The second kappa shape index (κ2) is 9.37. The number of hydrogen-bond donors (Lipinski definition) is 1. The Hall–Kier alpha value is -2.76. The number of aromatic amines is 1. The quantitative estimate of drug-likeness (QED) is 0.351. The van der Waals surface area contributed by atoms with Crippen LogP contribution in [0.3, 0.4) is 0 Å². The predicted molar refractivity (Wildman–Crippen MR) is 124 cm³/mol. The number of benzene rings is 1. The number of nitrogens with one attached hydrogen (secondary N) is 1. The Labute approximate surface area is 186 Å². The van der Waals surface area contributed by atoms with E-state index in [1.54, 1.807) is 12.3 Å². The molecule has 0 aliphatic heterocycles. The van der Waals surface area contributed by atoms with Crippen molar-refractivity contribution in [2.75, 3.05) is 6.61 Å². The lowest BCUT2D eigenvalue weighted by atomic mass is 10.1. The fourth-order valence-electron chi connectivity index (χ4n) is 3.02. The van der Waals surface area contributed by atoms with Crippen molar-refractivity contribution < 1.29 is 9.15 Å². The molecule has 0 unspecified atom stereocenters. The Morgan fingerprint density at radius 1 is 1.23 bits per heavy atom. The van der Waals surface area contributed by atoms with Gasteiger partial charge in [-0.3, -0.25) is 0 Å². The maximum absolute atomic E-state index is 6.20. The van der Waals surface area contributed by atoms with E-state index in [2.05, 4.69) is 35.4 Å². The smallest absolute Gasteiger partial charge is 0.178 e. The molecule has 0 aliphatic carbocycles. The highest BCUT2D eigenvalue weighted by molar-refractivity contribution is 6.30. The van der Waals surface area contributed by atoms with Crippen molar-refractivity contribution in [2.45, 2.75) is 20.3 Å². The molecule has 5 nitrogen and oxygen atoms in total. The molecule has 0 saturated heterocycles. The monoisotopic (exact) mass is 443 g/mol. The molecule has 0 atom stereocenters. The van der Waals surface area contributed by atoms with Crippen LogP contribution >= 0.6 is 24.0 Å². The van der Waals surface area contributed by atoms with Gasteiger partial charge in [0.05, 0.1) is 12.1 Å². The molecule has 0 spiro atoms. The Bertz CT molecular complexity index is 1160. The van der Waals surface area contributed by atoms with Crippen LogP contribution in [0.15, 0.2) is 53.6 Å². The fraction of sp³-hybridized carbons (Fsp3) is 0.217. The largest absolute Gasteiger partial charge is 0.493 e. The highest BCUT2D eigenvalue weighted by Crippen LogP contribution is 2.29. The zero-order chi connectivity index (χ0) is 20.4. The topological polar surface area (TPSA) is 63.9 Å². The van der Waals surface area contributed by atoms with Crippen LogP contribution in [0, 0.1) is 5.92 Å². The number of ether oxygens (including phenoxy) is 1. The maximum atomic E-state index is 6.20. The van der Waals surface area contributed by atoms with Crippen LogP contribution in [0.5, 0.6) is 5.75 Å². The first-order valence-corrected chi connectivity index (χ1v) is 9.88. The van der Waals surface area contributed by atoms with Crippen molar-refractivity contribution in [1.82, 2.24) is 15.0 Å². The number of hydrogen-bond acceptors (Lipinski definition) is 4. The minimum Gasteiger partial charge on any atom is -0.493 e. The number of pyridine rings is 1. The molecule has 30 heavy (non-hydrogen) atoms. The van der Waals surface area contributed by atoms with Gasteiger partial charge in [0.2, 0.25) is 0 Å². The number of imidazole rings is 1. The first-order chi connectivity index (χ1) is 14.0. The van der Waals surface area contributed by atoms with Crippen LogP contribution < -0.4 is 4.74 Å².